The second-order valence-corrected chi connectivity index (χ2v) is 6.50. The first-order valence-electron chi connectivity index (χ1n) is 6.13. The lowest BCUT2D eigenvalue weighted by molar-refractivity contribution is -0.135. The second kappa shape index (κ2) is 2.98. The van der Waals surface area contributed by atoms with Crippen molar-refractivity contribution in [3.05, 3.63) is 0 Å². The third-order valence-corrected chi connectivity index (χ3v) is 6.04. The zero-order valence-corrected chi connectivity index (χ0v) is 10.4. The monoisotopic (exact) mass is 212 g/mol. The van der Waals surface area contributed by atoms with Gasteiger partial charge in [-0.25, -0.2) is 0 Å². The van der Waals surface area contributed by atoms with Crippen molar-refractivity contribution in [3.63, 3.8) is 0 Å². The molecule has 2 N–H and O–H groups in total. The molecule has 2 fully saturated rings. The van der Waals surface area contributed by atoms with Gasteiger partial charge in [-0.2, -0.15) is 0 Å². The van der Waals surface area contributed by atoms with Gasteiger partial charge in [-0.05, 0) is 30.6 Å². The molecule has 0 aromatic rings. The van der Waals surface area contributed by atoms with E-state index in [1.807, 2.05) is 6.92 Å². The molecule has 88 valence electrons. The van der Waals surface area contributed by atoms with Crippen LogP contribution in [-0.2, 0) is 0 Å². The van der Waals surface area contributed by atoms with Crippen molar-refractivity contribution < 1.29 is 10.2 Å². The molecule has 0 aliphatic heterocycles. The molecule has 2 aliphatic carbocycles. The molecule has 0 aromatic carbocycles. The van der Waals surface area contributed by atoms with Crippen LogP contribution in [0.3, 0.4) is 0 Å². The summed E-state index contributed by atoms with van der Waals surface area (Å²) in [5.41, 5.74) is -0.466. The molecule has 2 aliphatic rings. The van der Waals surface area contributed by atoms with Crippen molar-refractivity contribution in [3.8, 4) is 0 Å². The summed E-state index contributed by atoms with van der Waals surface area (Å²) in [4.78, 5) is 0. The Kier molecular flexibility index (Phi) is 2.27. The lowest BCUT2D eigenvalue weighted by Crippen LogP contribution is -2.52. The molecule has 0 radical (unpaired) electrons. The number of hydrogen-bond acceptors (Lipinski definition) is 2. The SMILES string of the molecule is CC(CO)[C@@]1(O)C[C@@H]2CC[C@@]1(C)C2(C)C. The highest BCUT2D eigenvalue weighted by Gasteiger charge is 2.69. The number of fused-ring (bicyclic) bond motifs is 2. The summed E-state index contributed by atoms with van der Waals surface area (Å²) in [6.45, 7) is 8.85. The molecule has 2 nitrogen and oxygen atoms in total. The van der Waals surface area contributed by atoms with Crippen molar-refractivity contribution in [1.29, 1.82) is 0 Å². The standard InChI is InChI=1S/C13H24O2/c1-9(8-14)13(15)7-10-5-6-12(13,4)11(10,2)3/h9-10,14-15H,5-8H2,1-4H3/t9?,10-,12-,13-/m0/s1. The van der Waals surface area contributed by atoms with Gasteiger partial charge in [0.05, 0.1) is 5.60 Å². The van der Waals surface area contributed by atoms with Crippen molar-refractivity contribution in [1.82, 2.24) is 0 Å². The van der Waals surface area contributed by atoms with E-state index >= 15 is 0 Å². The zero-order chi connectivity index (χ0) is 11.5. The quantitative estimate of drug-likeness (QED) is 0.736. The Morgan fingerprint density at radius 2 is 1.93 bits per heavy atom. The molecular formula is C13H24O2. The van der Waals surface area contributed by atoms with Crippen molar-refractivity contribution in [2.45, 2.75) is 52.6 Å². The van der Waals surface area contributed by atoms with Crippen LogP contribution in [0.15, 0.2) is 0 Å². The van der Waals surface area contributed by atoms with Crippen LogP contribution in [-0.4, -0.2) is 22.4 Å². The molecule has 2 saturated carbocycles. The van der Waals surface area contributed by atoms with Gasteiger partial charge in [0.2, 0.25) is 0 Å². The van der Waals surface area contributed by atoms with Crippen LogP contribution in [0.25, 0.3) is 0 Å². The Hall–Kier alpha value is -0.0800. The van der Waals surface area contributed by atoms with Crippen LogP contribution in [0.2, 0.25) is 0 Å². The summed E-state index contributed by atoms with van der Waals surface area (Å²) in [7, 11) is 0. The molecule has 0 amide bonds. The normalized spacial score (nSPS) is 49.6. The minimum atomic E-state index is -0.659. The van der Waals surface area contributed by atoms with Crippen LogP contribution < -0.4 is 0 Å². The van der Waals surface area contributed by atoms with Crippen LogP contribution in [0.5, 0.6) is 0 Å². The maximum Gasteiger partial charge on any atom is 0.0756 e. The third kappa shape index (κ3) is 1.07. The van der Waals surface area contributed by atoms with Crippen molar-refractivity contribution in [2.24, 2.45) is 22.7 Å². The smallest absolute Gasteiger partial charge is 0.0756 e. The molecule has 0 spiro atoms. The highest BCUT2D eigenvalue weighted by molar-refractivity contribution is 5.18. The van der Waals surface area contributed by atoms with Gasteiger partial charge in [-0.15, -0.1) is 0 Å². The molecule has 4 atom stereocenters. The minimum Gasteiger partial charge on any atom is -0.396 e. The van der Waals surface area contributed by atoms with Gasteiger partial charge in [0.1, 0.15) is 0 Å². The van der Waals surface area contributed by atoms with Crippen molar-refractivity contribution >= 4 is 0 Å². The van der Waals surface area contributed by atoms with E-state index in [-0.39, 0.29) is 23.4 Å². The van der Waals surface area contributed by atoms with Crippen LogP contribution in [0.1, 0.15) is 47.0 Å². The fourth-order valence-corrected chi connectivity index (χ4v) is 4.22. The van der Waals surface area contributed by atoms with Gasteiger partial charge < -0.3 is 10.2 Å². The molecule has 2 rings (SSSR count). The summed E-state index contributed by atoms with van der Waals surface area (Å²) < 4.78 is 0. The Balaban J connectivity index is 2.40. The zero-order valence-electron chi connectivity index (χ0n) is 10.4. The highest BCUT2D eigenvalue weighted by atomic mass is 16.3. The maximum atomic E-state index is 10.9. The maximum absolute atomic E-state index is 10.9. The molecule has 0 saturated heterocycles. The summed E-state index contributed by atoms with van der Waals surface area (Å²) in [5.74, 6) is 0.619. The summed E-state index contributed by atoms with van der Waals surface area (Å²) in [6.07, 6.45) is 3.22. The highest BCUT2D eigenvalue weighted by Crippen LogP contribution is 2.71. The van der Waals surface area contributed by atoms with Crippen LogP contribution >= 0.6 is 0 Å². The van der Waals surface area contributed by atoms with Gasteiger partial charge in [0.15, 0.2) is 0 Å². The Morgan fingerprint density at radius 3 is 2.27 bits per heavy atom. The average Bonchev–Trinajstić information content (AvgIpc) is 2.48. The van der Waals surface area contributed by atoms with Gasteiger partial charge in [-0.1, -0.05) is 27.7 Å². The van der Waals surface area contributed by atoms with Gasteiger partial charge in [0, 0.05) is 17.9 Å². The first kappa shape index (κ1) is 11.4. The summed E-state index contributed by atoms with van der Waals surface area (Å²) in [6, 6.07) is 0. The fourth-order valence-electron chi connectivity index (χ4n) is 4.22. The predicted molar refractivity (Wildman–Crippen MR) is 60.4 cm³/mol. The molecule has 2 heteroatoms. The van der Waals surface area contributed by atoms with Gasteiger partial charge in [-0.3, -0.25) is 0 Å². The van der Waals surface area contributed by atoms with Crippen LogP contribution in [0.4, 0.5) is 0 Å². The lowest BCUT2D eigenvalue weighted by Gasteiger charge is -2.48. The average molecular weight is 212 g/mol. The lowest BCUT2D eigenvalue weighted by atomic mass is 9.61. The third-order valence-electron chi connectivity index (χ3n) is 6.04. The van der Waals surface area contributed by atoms with E-state index in [1.165, 1.54) is 6.42 Å². The Labute approximate surface area is 92.7 Å². The summed E-state index contributed by atoms with van der Waals surface area (Å²) >= 11 is 0. The van der Waals surface area contributed by atoms with Gasteiger partial charge >= 0.3 is 0 Å². The van der Waals surface area contributed by atoms with E-state index < -0.39 is 5.60 Å². The topological polar surface area (TPSA) is 40.5 Å². The number of aliphatic hydroxyl groups excluding tert-OH is 1. The van der Waals surface area contributed by atoms with E-state index in [2.05, 4.69) is 20.8 Å². The number of rotatable bonds is 2. The molecule has 0 heterocycles. The predicted octanol–water partition coefficient (Wildman–Crippen LogP) is 2.19. The van der Waals surface area contributed by atoms with E-state index in [1.54, 1.807) is 0 Å². The van der Waals surface area contributed by atoms with E-state index in [0.29, 0.717) is 5.92 Å². The van der Waals surface area contributed by atoms with E-state index in [0.717, 1.165) is 12.8 Å². The largest absolute Gasteiger partial charge is 0.396 e. The first-order valence-corrected chi connectivity index (χ1v) is 6.13. The van der Waals surface area contributed by atoms with E-state index in [9.17, 15) is 10.2 Å². The molecule has 0 aromatic heterocycles. The summed E-state index contributed by atoms with van der Waals surface area (Å²) in [5, 5.41) is 20.2. The van der Waals surface area contributed by atoms with Gasteiger partial charge in [0.25, 0.3) is 0 Å². The molecule has 15 heavy (non-hydrogen) atoms. The Bertz CT molecular complexity index is 274. The fraction of sp³-hybridized carbons (Fsp3) is 1.00. The molecular weight excluding hydrogens is 188 g/mol. The van der Waals surface area contributed by atoms with Crippen LogP contribution in [0, 0.1) is 22.7 Å². The minimum absolute atomic E-state index is 0.00734. The van der Waals surface area contributed by atoms with Crippen molar-refractivity contribution in [2.75, 3.05) is 6.61 Å². The van der Waals surface area contributed by atoms with E-state index in [4.69, 9.17) is 0 Å². The number of hydrogen-bond donors (Lipinski definition) is 2. The molecule has 1 unspecified atom stereocenters. The second-order valence-electron chi connectivity index (χ2n) is 6.50. The Morgan fingerprint density at radius 1 is 1.33 bits per heavy atom. The molecule has 2 bridgehead atoms. The first-order chi connectivity index (χ1) is 6.79. The number of aliphatic hydroxyl groups is 2.